The molecular weight excluding hydrogens is 274 g/mol. The minimum atomic E-state index is -0.924. The first kappa shape index (κ1) is 21.9. The zero-order chi connectivity index (χ0) is 16.7. The van der Waals surface area contributed by atoms with Gasteiger partial charge in [0.05, 0.1) is 18.2 Å². The Balaban J connectivity index is 3.24. The highest BCUT2D eigenvalue weighted by atomic mass is 16.3. The second-order valence-corrected chi connectivity index (χ2v) is 7.14. The molecule has 0 aromatic heterocycles. The van der Waals surface area contributed by atoms with E-state index in [0.717, 1.165) is 12.8 Å². The Kier molecular flexibility index (Phi) is 14.4. The van der Waals surface area contributed by atoms with E-state index in [2.05, 4.69) is 6.92 Å². The van der Waals surface area contributed by atoms with Gasteiger partial charge in [-0.3, -0.25) is 0 Å². The second-order valence-electron chi connectivity index (χ2n) is 7.14. The molecule has 0 saturated carbocycles. The van der Waals surface area contributed by atoms with Crippen LogP contribution in [-0.2, 0) is 0 Å². The molecule has 0 aliphatic rings. The van der Waals surface area contributed by atoms with Gasteiger partial charge in [0.15, 0.2) is 0 Å². The van der Waals surface area contributed by atoms with Crippen molar-refractivity contribution in [3.05, 3.63) is 0 Å². The van der Waals surface area contributed by atoms with E-state index in [4.69, 9.17) is 10.8 Å². The number of unbranched alkanes of at least 4 members (excludes halogenated alkanes) is 12. The van der Waals surface area contributed by atoms with Crippen LogP contribution in [0.2, 0.25) is 0 Å². The minimum absolute atomic E-state index is 0.147. The van der Waals surface area contributed by atoms with E-state index in [1.807, 2.05) is 0 Å². The Hall–Kier alpha value is -0.120. The predicted molar refractivity (Wildman–Crippen MR) is 96.0 cm³/mol. The minimum Gasteiger partial charge on any atom is -0.395 e. The number of aliphatic hydroxyl groups excluding tert-OH is 1. The van der Waals surface area contributed by atoms with Gasteiger partial charge in [-0.25, -0.2) is 0 Å². The van der Waals surface area contributed by atoms with Crippen molar-refractivity contribution in [2.24, 2.45) is 5.73 Å². The van der Waals surface area contributed by atoms with Crippen LogP contribution < -0.4 is 5.73 Å². The smallest absolute Gasteiger partial charge is 0.0792 e. The largest absolute Gasteiger partial charge is 0.395 e. The molecule has 4 N–H and O–H groups in total. The molecule has 0 unspecified atom stereocenters. The van der Waals surface area contributed by atoms with Crippen LogP contribution in [0.3, 0.4) is 0 Å². The van der Waals surface area contributed by atoms with Crippen LogP contribution in [0.25, 0.3) is 0 Å². The van der Waals surface area contributed by atoms with E-state index in [-0.39, 0.29) is 6.61 Å². The molecule has 0 saturated heterocycles. The lowest BCUT2D eigenvalue weighted by Gasteiger charge is -2.28. The van der Waals surface area contributed by atoms with Crippen molar-refractivity contribution in [1.82, 2.24) is 0 Å². The fourth-order valence-electron chi connectivity index (χ4n) is 2.88. The number of hydrogen-bond donors (Lipinski definition) is 3. The summed E-state index contributed by atoms with van der Waals surface area (Å²) in [7, 11) is 0. The molecule has 0 rings (SSSR count). The highest BCUT2D eigenvalue weighted by molar-refractivity contribution is 4.84. The molecule has 0 bridgehead atoms. The Labute approximate surface area is 138 Å². The number of hydrogen-bond acceptors (Lipinski definition) is 3. The zero-order valence-electron chi connectivity index (χ0n) is 15.2. The lowest BCUT2D eigenvalue weighted by atomic mass is 9.91. The number of nitrogens with two attached hydrogens (primary N) is 1. The van der Waals surface area contributed by atoms with Gasteiger partial charge in [0.1, 0.15) is 0 Å². The van der Waals surface area contributed by atoms with Crippen molar-refractivity contribution in [3.63, 3.8) is 0 Å². The van der Waals surface area contributed by atoms with Crippen molar-refractivity contribution in [1.29, 1.82) is 0 Å². The first-order valence-corrected chi connectivity index (χ1v) is 9.63. The van der Waals surface area contributed by atoms with Gasteiger partial charge in [-0.2, -0.15) is 0 Å². The number of rotatable bonds is 16. The lowest BCUT2D eigenvalue weighted by molar-refractivity contribution is 0.00357. The first-order valence-electron chi connectivity index (χ1n) is 9.63. The van der Waals surface area contributed by atoms with E-state index in [9.17, 15) is 5.11 Å². The van der Waals surface area contributed by atoms with Crippen LogP contribution in [0.1, 0.15) is 104 Å². The summed E-state index contributed by atoms with van der Waals surface area (Å²) in [4.78, 5) is 0. The molecule has 0 aromatic carbocycles. The molecule has 22 heavy (non-hydrogen) atoms. The first-order chi connectivity index (χ1) is 10.5. The SMILES string of the molecule is CCCCCCCCCCCCCCC[C@@](C)(O)[C@@H](N)CO. The topological polar surface area (TPSA) is 66.5 Å². The quantitative estimate of drug-likeness (QED) is 0.366. The number of aliphatic hydroxyl groups is 2. The van der Waals surface area contributed by atoms with Crippen molar-refractivity contribution >= 4 is 0 Å². The Morgan fingerprint density at radius 3 is 1.50 bits per heavy atom. The molecule has 0 aliphatic carbocycles. The summed E-state index contributed by atoms with van der Waals surface area (Å²) >= 11 is 0. The van der Waals surface area contributed by atoms with E-state index < -0.39 is 11.6 Å². The van der Waals surface area contributed by atoms with Gasteiger partial charge in [-0.05, 0) is 13.3 Å². The molecule has 0 aliphatic heterocycles. The third-order valence-electron chi connectivity index (χ3n) is 4.78. The average molecular weight is 316 g/mol. The normalized spacial score (nSPS) is 15.7. The molecule has 0 radical (unpaired) electrons. The molecule has 0 heterocycles. The fourth-order valence-corrected chi connectivity index (χ4v) is 2.88. The summed E-state index contributed by atoms with van der Waals surface area (Å²) in [6, 6.07) is -0.523. The summed E-state index contributed by atoms with van der Waals surface area (Å²) in [5, 5.41) is 19.1. The van der Waals surface area contributed by atoms with Crippen LogP contribution in [0.5, 0.6) is 0 Å². The van der Waals surface area contributed by atoms with Gasteiger partial charge in [-0.1, -0.05) is 90.4 Å². The Morgan fingerprint density at radius 1 is 0.773 bits per heavy atom. The molecule has 3 heteroatoms. The fraction of sp³-hybridized carbons (Fsp3) is 1.00. The van der Waals surface area contributed by atoms with Crippen LogP contribution in [0.15, 0.2) is 0 Å². The van der Waals surface area contributed by atoms with Gasteiger partial charge < -0.3 is 15.9 Å². The standard InChI is InChI=1S/C19H41NO2/c1-3-4-5-6-7-8-9-10-11-12-13-14-15-16-19(2,22)18(20)17-21/h18,21-22H,3-17,20H2,1-2H3/t18-,19+/m0/s1. The van der Waals surface area contributed by atoms with Crippen molar-refractivity contribution in [3.8, 4) is 0 Å². The maximum Gasteiger partial charge on any atom is 0.0792 e. The summed E-state index contributed by atoms with van der Waals surface area (Å²) in [5.41, 5.74) is 4.77. The molecule has 134 valence electrons. The van der Waals surface area contributed by atoms with Gasteiger partial charge >= 0.3 is 0 Å². The third kappa shape index (κ3) is 12.4. The van der Waals surface area contributed by atoms with Crippen molar-refractivity contribution in [2.75, 3.05) is 6.61 Å². The van der Waals surface area contributed by atoms with E-state index >= 15 is 0 Å². The van der Waals surface area contributed by atoms with E-state index in [1.54, 1.807) is 6.92 Å². The molecule has 0 fully saturated rings. The van der Waals surface area contributed by atoms with Crippen LogP contribution in [0, 0.1) is 0 Å². The molecular formula is C19H41NO2. The molecule has 3 nitrogen and oxygen atoms in total. The maximum absolute atomic E-state index is 10.1. The van der Waals surface area contributed by atoms with Gasteiger partial charge in [0, 0.05) is 0 Å². The monoisotopic (exact) mass is 315 g/mol. The van der Waals surface area contributed by atoms with Crippen molar-refractivity contribution in [2.45, 2.75) is 115 Å². The average Bonchev–Trinajstić information content (AvgIpc) is 2.50. The summed E-state index contributed by atoms with van der Waals surface area (Å²) in [6.07, 6.45) is 17.9. The van der Waals surface area contributed by atoms with Gasteiger partial charge in [0.2, 0.25) is 0 Å². The highest BCUT2D eigenvalue weighted by Gasteiger charge is 2.27. The van der Waals surface area contributed by atoms with E-state index in [1.165, 1.54) is 70.6 Å². The van der Waals surface area contributed by atoms with Crippen LogP contribution in [-0.4, -0.2) is 28.5 Å². The maximum atomic E-state index is 10.1. The molecule has 2 atom stereocenters. The lowest BCUT2D eigenvalue weighted by Crippen LogP contribution is -2.47. The summed E-state index contributed by atoms with van der Waals surface area (Å²) in [5.74, 6) is 0. The van der Waals surface area contributed by atoms with Crippen LogP contribution >= 0.6 is 0 Å². The zero-order valence-corrected chi connectivity index (χ0v) is 15.2. The highest BCUT2D eigenvalue weighted by Crippen LogP contribution is 2.19. The molecule has 0 spiro atoms. The Morgan fingerprint density at radius 2 is 1.14 bits per heavy atom. The Bertz CT molecular complexity index is 231. The predicted octanol–water partition coefficient (Wildman–Crippen LogP) is 4.54. The van der Waals surface area contributed by atoms with Crippen molar-refractivity contribution < 1.29 is 10.2 Å². The molecule has 0 aromatic rings. The molecule has 0 amide bonds. The summed E-state index contributed by atoms with van der Waals surface area (Å²) < 4.78 is 0. The second kappa shape index (κ2) is 14.5. The third-order valence-corrected chi connectivity index (χ3v) is 4.78. The van der Waals surface area contributed by atoms with Crippen LogP contribution in [0.4, 0.5) is 0 Å². The van der Waals surface area contributed by atoms with Gasteiger partial charge in [0.25, 0.3) is 0 Å². The van der Waals surface area contributed by atoms with E-state index in [0.29, 0.717) is 6.42 Å². The summed E-state index contributed by atoms with van der Waals surface area (Å²) in [6.45, 7) is 3.85. The van der Waals surface area contributed by atoms with Gasteiger partial charge in [-0.15, -0.1) is 0 Å².